The Kier molecular flexibility index (Phi) is 6.78. The molecular weight excluding hydrogens is 501 g/mol. The fourth-order valence-electron chi connectivity index (χ4n) is 3.16. The largest absolute Gasteiger partial charge is 0.368 e. The fraction of sp³-hybridized carbons (Fsp3) is 0.300. The number of aromatic nitrogens is 10. The van der Waals surface area contributed by atoms with Gasteiger partial charge in [0.15, 0.2) is 16.4 Å². The van der Waals surface area contributed by atoms with Gasteiger partial charge in [0.2, 0.25) is 16.5 Å². The van der Waals surface area contributed by atoms with Crippen LogP contribution in [-0.2, 0) is 0 Å². The monoisotopic (exact) mass is 519 g/mol. The highest BCUT2D eigenvalue weighted by Crippen LogP contribution is 2.27. The second kappa shape index (κ2) is 9.61. The maximum Gasteiger partial charge on any atom is 0.225 e. The molecule has 0 aliphatic rings. The molecule has 5 aromatic rings. The molecule has 11 nitrogen and oxygen atoms in total. The summed E-state index contributed by atoms with van der Waals surface area (Å²) in [7, 11) is 0. The van der Waals surface area contributed by atoms with Crippen LogP contribution in [0.3, 0.4) is 0 Å². The Bertz CT molecular complexity index is 1460. The van der Waals surface area contributed by atoms with E-state index in [0.29, 0.717) is 38.7 Å². The van der Waals surface area contributed by atoms with Crippen LogP contribution >= 0.6 is 34.8 Å². The molecule has 5 heterocycles. The van der Waals surface area contributed by atoms with Crippen LogP contribution in [0.15, 0.2) is 25.0 Å². The zero-order chi connectivity index (χ0) is 24.6. The fourth-order valence-corrected chi connectivity index (χ4v) is 3.75. The topological polar surface area (TPSA) is 139 Å². The Morgan fingerprint density at radius 3 is 1.76 bits per heavy atom. The van der Waals surface area contributed by atoms with E-state index < -0.39 is 0 Å². The number of hydrogen-bond donors (Lipinski definition) is 1. The van der Waals surface area contributed by atoms with Crippen LogP contribution in [0.4, 0.5) is 5.95 Å². The molecule has 0 bridgehead atoms. The molecule has 0 saturated heterocycles. The van der Waals surface area contributed by atoms with Crippen LogP contribution in [0.25, 0.3) is 33.6 Å². The van der Waals surface area contributed by atoms with Gasteiger partial charge in [0.1, 0.15) is 16.7 Å². The molecule has 0 atom stereocenters. The van der Waals surface area contributed by atoms with Crippen molar-refractivity contribution in [2.75, 3.05) is 5.73 Å². The zero-order valence-corrected chi connectivity index (χ0v) is 20.9. The first-order valence-electron chi connectivity index (χ1n) is 10.2. The zero-order valence-electron chi connectivity index (χ0n) is 18.6. The third kappa shape index (κ3) is 4.72. The van der Waals surface area contributed by atoms with Gasteiger partial charge in [0, 0.05) is 30.0 Å². The first kappa shape index (κ1) is 24.0. The van der Waals surface area contributed by atoms with E-state index in [-0.39, 0.29) is 28.6 Å². The normalized spacial score (nSPS) is 11.4. The molecule has 14 heteroatoms. The van der Waals surface area contributed by atoms with Crippen LogP contribution in [0.2, 0.25) is 15.7 Å². The number of nitrogens with two attached hydrogens (primary N) is 1. The van der Waals surface area contributed by atoms with E-state index in [4.69, 9.17) is 40.5 Å². The molecule has 2 N–H and O–H groups in total. The Morgan fingerprint density at radius 2 is 1.21 bits per heavy atom. The van der Waals surface area contributed by atoms with Gasteiger partial charge in [-0.2, -0.15) is 9.97 Å². The Hall–Kier alpha value is -3.15. The predicted octanol–water partition coefficient (Wildman–Crippen LogP) is 4.81. The van der Waals surface area contributed by atoms with Gasteiger partial charge in [0.25, 0.3) is 0 Å². The van der Waals surface area contributed by atoms with Gasteiger partial charge in [-0.05, 0) is 50.9 Å². The summed E-state index contributed by atoms with van der Waals surface area (Å²) in [4.78, 5) is 32.8. The van der Waals surface area contributed by atoms with Crippen molar-refractivity contribution in [3.63, 3.8) is 0 Å². The van der Waals surface area contributed by atoms with Crippen molar-refractivity contribution in [1.82, 2.24) is 49.0 Å². The quantitative estimate of drug-likeness (QED) is 0.262. The summed E-state index contributed by atoms with van der Waals surface area (Å²) in [6, 6.07) is 0.489. The predicted molar refractivity (Wildman–Crippen MR) is 132 cm³/mol. The van der Waals surface area contributed by atoms with Crippen molar-refractivity contribution in [3.05, 3.63) is 40.8 Å². The van der Waals surface area contributed by atoms with Gasteiger partial charge in [-0.25, -0.2) is 29.9 Å². The Morgan fingerprint density at radius 1 is 0.706 bits per heavy atom. The standard InChI is InChI=1S/C12H12ClN7.C8H8Cl2N4/c1-6(2)20-5-17-9-8(18-11(13)19-10(9)20)7-3-15-12(14)16-4-7;1-4(2)14-3-11-5-6(9)12-8(10)13-7(5)14/h3-6H,1-2H3,(H2,14,15,16);3-4H,1-2H3. The first-order chi connectivity index (χ1) is 16.2. The van der Waals surface area contributed by atoms with Crippen LogP contribution in [-0.4, -0.2) is 49.0 Å². The molecular formula is C20H20Cl3N11. The van der Waals surface area contributed by atoms with E-state index in [2.05, 4.69) is 39.9 Å². The van der Waals surface area contributed by atoms with Gasteiger partial charge >= 0.3 is 0 Å². The van der Waals surface area contributed by atoms with E-state index >= 15 is 0 Å². The summed E-state index contributed by atoms with van der Waals surface area (Å²) in [6.45, 7) is 8.16. The van der Waals surface area contributed by atoms with Gasteiger partial charge in [-0.15, -0.1) is 0 Å². The summed E-state index contributed by atoms with van der Waals surface area (Å²) >= 11 is 17.6. The number of anilines is 1. The second-order valence-electron chi connectivity index (χ2n) is 7.79. The molecule has 0 aliphatic heterocycles. The molecule has 176 valence electrons. The molecule has 0 spiro atoms. The molecule has 0 aromatic carbocycles. The van der Waals surface area contributed by atoms with Crippen molar-refractivity contribution in [2.45, 2.75) is 39.8 Å². The third-order valence-corrected chi connectivity index (χ3v) is 5.41. The lowest BCUT2D eigenvalue weighted by Crippen LogP contribution is -2.01. The lowest BCUT2D eigenvalue weighted by atomic mass is 10.2. The van der Waals surface area contributed by atoms with Gasteiger partial charge in [-0.3, -0.25) is 0 Å². The highest BCUT2D eigenvalue weighted by Gasteiger charge is 2.16. The maximum absolute atomic E-state index is 6.01. The molecule has 0 fully saturated rings. The minimum atomic E-state index is 0.143. The Labute approximate surface area is 209 Å². The van der Waals surface area contributed by atoms with E-state index in [1.54, 1.807) is 25.0 Å². The van der Waals surface area contributed by atoms with E-state index in [1.807, 2.05) is 36.8 Å². The molecule has 0 saturated carbocycles. The summed E-state index contributed by atoms with van der Waals surface area (Å²) in [5.74, 6) is 0.206. The molecule has 5 rings (SSSR count). The van der Waals surface area contributed by atoms with E-state index in [1.165, 1.54) is 0 Å². The van der Waals surface area contributed by atoms with Crippen LogP contribution < -0.4 is 5.73 Å². The number of rotatable bonds is 3. The number of fused-ring (bicyclic) bond motifs is 2. The summed E-state index contributed by atoms with van der Waals surface area (Å²) in [5.41, 5.74) is 9.39. The lowest BCUT2D eigenvalue weighted by molar-refractivity contribution is 0.612. The smallest absolute Gasteiger partial charge is 0.225 e. The number of imidazole rings is 2. The van der Waals surface area contributed by atoms with Crippen molar-refractivity contribution in [2.24, 2.45) is 0 Å². The number of nitrogen functional groups attached to an aromatic ring is 1. The summed E-state index contributed by atoms with van der Waals surface area (Å²) < 4.78 is 3.83. The van der Waals surface area contributed by atoms with Crippen molar-refractivity contribution in [3.8, 4) is 11.3 Å². The van der Waals surface area contributed by atoms with Crippen molar-refractivity contribution in [1.29, 1.82) is 0 Å². The Balaban J connectivity index is 0.000000172. The van der Waals surface area contributed by atoms with Gasteiger partial charge in [-0.1, -0.05) is 11.6 Å². The van der Waals surface area contributed by atoms with Crippen LogP contribution in [0, 0.1) is 0 Å². The average molecular weight is 521 g/mol. The SMILES string of the molecule is CC(C)n1cnc2c(-c3cnc(N)nc3)nc(Cl)nc21.CC(C)n1cnc2c(Cl)nc(Cl)nc21. The molecule has 0 radical (unpaired) electrons. The second-order valence-corrected chi connectivity index (χ2v) is 8.82. The number of halogens is 3. The minimum absolute atomic E-state index is 0.143. The van der Waals surface area contributed by atoms with Crippen LogP contribution in [0.5, 0.6) is 0 Å². The maximum atomic E-state index is 6.01. The highest BCUT2D eigenvalue weighted by molar-refractivity contribution is 6.35. The van der Waals surface area contributed by atoms with Crippen LogP contribution in [0.1, 0.15) is 39.8 Å². The van der Waals surface area contributed by atoms with E-state index in [9.17, 15) is 0 Å². The molecule has 34 heavy (non-hydrogen) atoms. The molecule has 0 unspecified atom stereocenters. The number of hydrogen-bond acceptors (Lipinski definition) is 9. The molecule has 0 amide bonds. The van der Waals surface area contributed by atoms with Crippen molar-refractivity contribution < 1.29 is 0 Å². The lowest BCUT2D eigenvalue weighted by Gasteiger charge is -2.08. The first-order valence-corrected chi connectivity index (χ1v) is 11.3. The minimum Gasteiger partial charge on any atom is -0.368 e. The molecule has 0 aliphatic carbocycles. The highest BCUT2D eigenvalue weighted by atomic mass is 35.5. The third-order valence-electron chi connectivity index (χ3n) is 4.80. The van der Waals surface area contributed by atoms with Crippen molar-refractivity contribution >= 4 is 63.1 Å². The summed E-state index contributed by atoms with van der Waals surface area (Å²) in [6.07, 6.45) is 6.60. The molecule has 5 aromatic heterocycles. The van der Waals surface area contributed by atoms with Gasteiger partial charge in [0.05, 0.1) is 12.7 Å². The van der Waals surface area contributed by atoms with E-state index in [0.717, 1.165) is 0 Å². The average Bonchev–Trinajstić information content (AvgIpc) is 3.39. The number of nitrogens with zero attached hydrogens (tertiary/aromatic N) is 10. The summed E-state index contributed by atoms with van der Waals surface area (Å²) in [5, 5.41) is 0.594. The van der Waals surface area contributed by atoms with Gasteiger partial charge < -0.3 is 14.9 Å².